The average Bonchev–Trinajstić information content (AvgIpc) is 3.22. The number of aryl methyl sites for hydroxylation is 1. The number of aromatic nitrogens is 3. The number of benzene rings is 2. The van der Waals surface area contributed by atoms with Gasteiger partial charge in [0.2, 0.25) is 3.79 Å². The summed E-state index contributed by atoms with van der Waals surface area (Å²) in [5, 5.41) is 8.86. The first-order chi connectivity index (χ1) is 16.8. The lowest BCUT2D eigenvalue weighted by atomic mass is 9.94. The van der Waals surface area contributed by atoms with Crippen molar-refractivity contribution in [1.29, 1.82) is 0 Å². The monoisotopic (exact) mass is 568 g/mol. The summed E-state index contributed by atoms with van der Waals surface area (Å²) in [6.07, 6.45) is 5.72. The molecule has 1 aliphatic heterocycles. The summed E-state index contributed by atoms with van der Waals surface area (Å²) in [6, 6.07) is 16.2. The zero-order chi connectivity index (χ0) is 24.6. The van der Waals surface area contributed by atoms with E-state index in [4.69, 9.17) is 39.5 Å². The highest BCUT2D eigenvalue weighted by Gasteiger charge is 2.60. The topological polar surface area (TPSA) is 43.2 Å². The first kappa shape index (κ1) is 27.5. The Balaban J connectivity index is 0.00000304. The largest absolute Gasteiger partial charge is 0.497 e. The van der Waals surface area contributed by atoms with Gasteiger partial charge in [-0.3, -0.25) is 0 Å². The molecular formula is C27H32Cl4N4O. The third-order valence-electron chi connectivity index (χ3n) is 7.67. The summed E-state index contributed by atoms with van der Waals surface area (Å²) < 4.78 is 6.08. The van der Waals surface area contributed by atoms with Crippen LogP contribution < -0.4 is 4.74 Å². The van der Waals surface area contributed by atoms with E-state index in [9.17, 15) is 0 Å². The Labute approximate surface area is 234 Å². The minimum atomic E-state index is -1.36. The molecule has 0 bridgehead atoms. The zero-order valence-electron chi connectivity index (χ0n) is 20.6. The average molecular weight is 570 g/mol. The van der Waals surface area contributed by atoms with Crippen LogP contribution in [-0.2, 0) is 22.7 Å². The van der Waals surface area contributed by atoms with Crippen LogP contribution in [-0.4, -0.2) is 46.4 Å². The number of methoxy groups -OCH3 is 1. The van der Waals surface area contributed by atoms with Crippen molar-refractivity contribution in [3.63, 3.8) is 0 Å². The van der Waals surface area contributed by atoms with Crippen LogP contribution in [0.1, 0.15) is 42.6 Å². The number of ether oxygens (including phenoxy) is 1. The lowest BCUT2D eigenvalue weighted by molar-refractivity contribution is 0.290. The van der Waals surface area contributed by atoms with Gasteiger partial charge in [0.05, 0.1) is 7.11 Å². The second-order valence-electron chi connectivity index (χ2n) is 9.91. The quantitative estimate of drug-likeness (QED) is 0.212. The SMILES string of the molecule is COc1cccc(-c2nnc(CCCCCN3C[C@@H]4C[C@]4(c4ccc(C(Cl)(Cl)Cl)cc4)C3)n2C)c1.Cl. The Morgan fingerprint density at radius 3 is 2.56 bits per heavy atom. The second kappa shape index (κ2) is 11.1. The molecule has 0 spiro atoms. The number of alkyl halides is 3. The summed E-state index contributed by atoms with van der Waals surface area (Å²) >= 11 is 18.1. The first-order valence-electron chi connectivity index (χ1n) is 12.2. The van der Waals surface area contributed by atoms with Crippen molar-refractivity contribution in [2.45, 2.75) is 41.3 Å². The standard InChI is InChI=1S/C27H31Cl3N4O.ClH/c1-33-24(31-32-25(33)19-7-6-8-23(15-19)35-2)9-4-3-5-14-34-17-22-16-26(22,18-34)20-10-12-21(13-11-20)27(28,29)30;/h6-8,10-13,15,22H,3-5,9,14,16-18H2,1-2H3;1H/t22-,26+;/m0./s1. The predicted molar refractivity (Wildman–Crippen MR) is 150 cm³/mol. The van der Waals surface area contributed by atoms with E-state index in [-0.39, 0.29) is 12.4 Å². The third-order valence-corrected chi connectivity index (χ3v) is 8.33. The van der Waals surface area contributed by atoms with Gasteiger partial charge < -0.3 is 14.2 Å². The highest BCUT2D eigenvalue weighted by Crippen LogP contribution is 2.59. The van der Waals surface area contributed by atoms with E-state index in [0.29, 0.717) is 5.41 Å². The molecular weight excluding hydrogens is 538 g/mol. The molecule has 0 unspecified atom stereocenters. The maximum Gasteiger partial charge on any atom is 0.216 e. The number of rotatable bonds is 9. The van der Waals surface area contributed by atoms with Gasteiger partial charge in [-0.05, 0) is 49.4 Å². The number of nitrogens with zero attached hydrogens (tertiary/aromatic N) is 4. The summed E-state index contributed by atoms with van der Waals surface area (Å²) in [4.78, 5) is 2.63. The van der Waals surface area contributed by atoms with Gasteiger partial charge in [-0.1, -0.05) is 77.6 Å². The molecule has 2 aliphatic rings. The molecule has 2 atom stereocenters. The highest BCUT2D eigenvalue weighted by molar-refractivity contribution is 6.66. The van der Waals surface area contributed by atoms with E-state index in [2.05, 4.69) is 31.8 Å². The van der Waals surface area contributed by atoms with Crippen LogP contribution in [0.15, 0.2) is 48.5 Å². The van der Waals surface area contributed by atoms with Crippen molar-refractivity contribution < 1.29 is 4.74 Å². The van der Waals surface area contributed by atoms with E-state index < -0.39 is 3.79 Å². The molecule has 1 saturated heterocycles. The Hall–Kier alpha value is -1.50. The van der Waals surface area contributed by atoms with Crippen molar-refractivity contribution in [1.82, 2.24) is 19.7 Å². The molecule has 0 amide bonds. The van der Waals surface area contributed by atoms with Crippen LogP contribution in [0.5, 0.6) is 5.75 Å². The van der Waals surface area contributed by atoms with E-state index in [1.165, 1.54) is 31.4 Å². The molecule has 5 nitrogen and oxygen atoms in total. The van der Waals surface area contributed by atoms with Crippen molar-refractivity contribution in [2.75, 3.05) is 26.7 Å². The minimum Gasteiger partial charge on any atom is -0.497 e. The number of hydrogen-bond donors (Lipinski definition) is 0. The van der Waals surface area contributed by atoms with Crippen LogP contribution in [0.3, 0.4) is 0 Å². The van der Waals surface area contributed by atoms with Crippen LogP contribution >= 0.6 is 47.2 Å². The fourth-order valence-electron chi connectivity index (χ4n) is 5.58. The molecule has 2 fully saturated rings. The predicted octanol–water partition coefficient (Wildman–Crippen LogP) is 6.73. The molecule has 2 heterocycles. The molecule has 3 aromatic rings. The molecule has 1 saturated carbocycles. The molecule has 0 N–H and O–H groups in total. The lowest BCUT2D eigenvalue weighted by Crippen LogP contribution is -2.27. The number of likely N-dealkylation sites (tertiary alicyclic amines) is 1. The summed E-state index contributed by atoms with van der Waals surface area (Å²) in [7, 11) is 3.72. The number of unbranched alkanes of at least 4 members (excludes halogenated alkanes) is 2. The second-order valence-corrected chi connectivity index (χ2v) is 12.2. The number of hydrogen-bond acceptors (Lipinski definition) is 4. The Morgan fingerprint density at radius 2 is 1.83 bits per heavy atom. The molecule has 194 valence electrons. The van der Waals surface area contributed by atoms with Crippen molar-refractivity contribution in [2.24, 2.45) is 13.0 Å². The van der Waals surface area contributed by atoms with Crippen molar-refractivity contribution in [3.8, 4) is 17.1 Å². The summed E-state index contributed by atoms with van der Waals surface area (Å²) in [5.74, 6) is 3.49. The molecule has 2 aromatic carbocycles. The smallest absolute Gasteiger partial charge is 0.216 e. The normalized spacial score (nSPS) is 21.2. The number of fused-ring (bicyclic) bond motifs is 1. The number of piperidine rings is 1. The Morgan fingerprint density at radius 1 is 1.06 bits per heavy atom. The fourth-order valence-corrected chi connectivity index (χ4v) is 5.96. The van der Waals surface area contributed by atoms with Crippen molar-refractivity contribution >= 4 is 47.2 Å². The maximum atomic E-state index is 6.02. The van der Waals surface area contributed by atoms with Gasteiger partial charge in [-0.25, -0.2) is 0 Å². The van der Waals surface area contributed by atoms with E-state index in [0.717, 1.165) is 60.4 Å². The Kier molecular flexibility index (Phi) is 8.48. The van der Waals surface area contributed by atoms with Crippen LogP contribution in [0.25, 0.3) is 11.4 Å². The highest BCUT2D eigenvalue weighted by atomic mass is 35.6. The molecule has 1 aromatic heterocycles. The molecule has 36 heavy (non-hydrogen) atoms. The van der Waals surface area contributed by atoms with E-state index >= 15 is 0 Å². The first-order valence-corrected chi connectivity index (χ1v) is 13.4. The van der Waals surface area contributed by atoms with Gasteiger partial charge in [0.25, 0.3) is 0 Å². The summed E-state index contributed by atoms with van der Waals surface area (Å²) in [5.41, 5.74) is 3.45. The fraction of sp³-hybridized carbons (Fsp3) is 0.481. The van der Waals surface area contributed by atoms with Gasteiger partial charge in [0.15, 0.2) is 5.82 Å². The van der Waals surface area contributed by atoms with Crippen LogP contribution in [0, 0.1) is 5.92 Å². The van der Waals surface area contributed by atoms with Crippen LogP contribution in [0.2, 0.25) is 0 Å². The summed E-state index contributed by atoms with van der Waals surface area (Å²) in [6.45, 7) is 3.48. The van der Waals surface area contributed by atoms with Gasteiger partial charge in [0.1, 0.15) is 11.6 Å². The Bertz CT molecular complexity index is 1180. The molecule has 1 aliphatic carbocycles. The van der Waals surface area contributed by atoms with Crippen molar-refractivity contribution in [3.05, 3.63) is 65.5 Å². The van der Waals surface area contributed by atoms with Gasteiger partial charge in [0, 0.05) is 43.1 Å². The van der Waals surface area contributed by atoms with Crippen LogP contribution in [0.4, 0.5) is 0 Å². The van der Waals surface area contributed by atoms with E-state index in [1.54, 1.807) is 7.11 Å². The minimum absolute atomic E-state index is 0. The lowest BCUT2D eigenvalue weighted by Gasteiger charge is -2.21. The van der Waals surface area contributed by atoms with Gasteiger partial charge >= 0.3 is 0 Å². The zero-order valence-corrected chi connectivity index (χ0v) is 23.7. The number of halogens is 4. The third kappa shape index (κ3) is 5.66. The van der Waals surface area contributed by atoms with Gasteiger partial charge in [-0.15, -0.1) is 22.6 Å². The van der Waals surface area contributed by atoms with Gasteiger partial charge in [-0.2, -0.15) is 0 Å². The molecule has 0 radical (unpaired) electrons. The van der Waals surface area contributed by atoms with E-state index in [1.807, 2.05) is 43.4 Å². The maximum absolute atomic E-state index is 6.02. The molecule has 5 rings (SSSR count). The molecule has 9 heteroatoms.